The van der Waals surface area contributed by atoms with Gasteiger partial charge in [-0.05, 0) is 35.7 Å². The van der Waals surface area contributed by atoms with E-state index in [0.717, 1.165) is 35.4 Å². The van der Waals surface area contributed by atoms with Crippen LogP contribution >= 0.6 is 0 Å². The molecule has 4 nitrogen and oxygen atoms in total. The van der Waals surface area contributed by atoms with Crippen LogP contribution in [0.2, 0.25) is 0 Å². The number of benzene rings is 1. The largest absolute Gasteiger partial charge is 0.497 e. The molecular weight excluding hydrogens is 252 g/mol. The third-order valence-electron chi connectivity index (χ3n) is 3.61. The molecule has 0 radical (unpaired) electrons. The zero-order valence-electron chi connectivity index (χ0n) is 11.4. The molecule has 0 N–H and O–H groups in total. The number of hydrogen-bond donors (Lipinski definition) is 0. The summed E-state index contributed by atoms with van der Waals surface area (Å²) in [5, 5.41) is 0. The number of fused-ring (bicyclic) bond motifs is 1. The van der Waals surface area contributed by atoms with Gasteiger partial charge in [0.2, 0.25) is 0 Å². The SMILES string of the molecule is COc1ccc(CN2CCc3ccncc3C2=O)cc1. The molecule has 4 heteroatoms. The summed E-state index contributed by atoms with van der Waals surface area (Å²) >= 11 is 0. The molecule has 0 spiro atoms. The van der Waals surface area contributed by atoms with Crippen molar-refractivity contribution >= 4 is 5.91 Å². The zero-order valence-corrected chi connectivity index (χ0v) is 11.4. The summed E-state index contributed by atoms with van der Waals surface area (Å²) in [6.07, 6.45) is 4.29. The van der Waals surface area contributed by atoms with Crippen molar-refractivity contribution in [2.45, 2.75) is 13.0 Å². The van der Waals surface area contributed by atoms with Crippen LogP contribution in [0.3, 0.4) is 0 Å². The van der Waals surface area contributed by atoms with Crippen LogP contribution in [0.5, 0.6) is 5.75 Å². The first-order valence-corrected chi connectivity index (χ1v) is 6.63. The van der Waals surface area contributed by atoms with E-state index in [1.165, 1.54) is 0 Å². The second-order valence-electron chi connectivity index (χ2n) is 4.86. The number of methoxy groups -OCH3 is 1. The highest BCUT2D eigenvalue weighted by atomic mass is 16.5. The fourth-order valence-electron chi connectivity index (χ4n) is 2.46. The lowest BCUT2D eigenvalue weighted by Gasteiger charge is -2.28. The van der Waals surface area contributed by atoms with Gasteiger partial charge in [-0.1, -0.05) is 12.1 Å². The van der Waals surface area contributed by atoms with Crippen LogP contribution < -0.4 is 4.74 Å². The maximum atomic E-state index is 12.4. The Bertz CT molecular complexity index is 623. The molecule has 1 amide bonds. The smallest absolute Gasteiger partial charge is 0.256 e. The van der Waals surface area contributed by atoms with Crippen molar-refractivity contribution < 1.29 is 9.53 Å². The first-order valence-electron chi connectivity index (χ1n) is 6.63. The Kier molecular flexibility index (Phi) is 3.37. The predicted molar refractivity (Wildman–Crippen MR) is 75.7 cm³/mol. The van der Waals surface area contributed by atoms with Crippen molar-refractivity contribution in [3.05, 3.63) is 59.4 Å². The third kappa shape index (κ3) is 2.37. The minimum absolute atomic E-state index is 0.0650. The molecule has 1 aliphatic heterocycles. The van der Waals surface area contributed by atoms with Crippen molar-refractivity contribution in [3.63, 3.8) is 0 Å². The lowest BCUT2D eigenvalue weighted by atomic mass is 10.0. The minimum Gasteiger partial charge on any atom is -0.497 e. The third-order valence-corrected chi connectivity index (χ3v) is 3.61. The monoisotopic (exact) mass is 268 g/mol. The van der Waals surface area contributed by atoms with E-state index >= 15 is 0 Å². The Labute approximate surface area is 118 Å². The summed E-state index contributed by atoms with van der Waals surface area (Å²) in [6.45, 7) is 1.37. The van der Waals surface area contributed by atoms with Crippen LogP contribution in [-0.2, 0) is 13.0 Å². The maximum absolute atomic E-state index is 12.4. The van der Waals surface area contributed by atoms with Gasteiger partial charge in [0.1, 0.15) is 5.75 Å². The molecule has 3 rings (SSSR count). The molecule has 0 saturated carbocycles. The molecule has 2 aromatic rings. The van der Waals surface area contributed by atoms with Crippen LogP contribution in [0, 0.1) is 0 Å². The molecule has 20 heavy (non-hydrogen) atoms. The molecule has 1 aromatic heterocycles. The highest BCUT2D eigenvalue weighted by Crippen LogP contribution is 2.20. The minimum atomic E-state index is 0.0650. The first kappa shape index (κ1) is 12.7. The highest BCUT2D eigenvalue weighted by molar-refractivity contribution is 5.96. The quantitative estimate of drug-likeness (QED) is 0.857. The van der Waals surface area contributed by atoms with E-state index in [2.05, 4.69) is 4.98 Å². The van der Waals surface area contributed by atoms with Crippen LogP contribution in [0.25, 0.3) is 0 Å². The van der Waals surface area contributed by atoms with E-state index < -0.39 is 0 Å². The molecule has 0 bridgehead atoms. The highest BCUT2D eigenvalue weighted by Gasteiger charge is 2.24. The molecule has 0 saturated heterocycles. The van der Waals surface area contributed by atoms with Crippen LogP contribution in [0.4, 0.5) is 0 Å². The number of ether oxygens (including phenoxy) is 1. The van der Waals surface area contributed by atoms with Gasteiger partial charge >= 0.3 is 0 Å². The second kappa shape index (κ2) is 5.33. The van der Waals surface area contributed by atoms with Crippen LogP contribution in [0.15, 0.2) is 42.7 Å². The van der Waals surface area contributed by atoms with Gasteiger partial charge in [-0.2, -0.15) is 0 Å². The number of carbonyl (C=O) groups excluding carboxylic acids is 1. The standard InChI is InChI=1S/C16H16N2O2/c1-20-14-4-2-12(3-5-14)11-18-9-7-13-6-8-17-10-15(13)16(18)19/h2-6,8,10H,7,9,11H2,1H3. The second-order valence-corrected chi connectivity index (χ2v) is 4.86. The van der Waals surface area contributed by atoms with Gasteiger partial charge in [-0.3, -0.25) is 9.78 Å². The lowest BCUT2D eigenvalue weighted by Crippen LogP contribution is -2.37. The Hall–Kier alpha value is -2.36. The molecule has 0 aliphatic carbocycles. The lowest BCUT2D eigenvalue weighted by molar-refractivity contribution is 0.0726. The molecule has 2 heterocycles. The summed E-state index contributed by atoms with van der Waals surface area (Å²) in [5.41, 5.74) is 2.93. The molecule has 0 fully saturated rings. The Balaban J connectivity index is 1.77. The summed E-state index contributed by atoms with van der Waals surface area (Å²) in [6, 6.07) is 9.74. The van der Waals surface area contributed by atoms with Gasteiger partial charge in [0.25, 0.3) is 5.91 Å². The van der Waals surface area contributed by atoms with E-state index in [-0.39, 0.29) is 5.91 Å². The van der Waals surface area contributed by atoms with E-state index in [4.69, 9.17) is 4.74 Å². The molecule has 0 unspecified atom stereocenters. The summed E-state index contributed by atoms with van der Waals surface area (Å²) in [5.74, 6) is 0.892. The van der Waals surface area contributed by atoms with Gasteiger partial charge in [0.05, 0.1) is 12.7 Å². The van der Waals surface area contributed by atoms with Gasteiger partial charge < -0.3 is 9.64 Å². The van der Waals surface area contributed by atoms with Crippen molar-refractivity contribution in [2.24, 2.45) is 0 Å². The fraction of sp³-hybridized carbons (Fsp3) is 0.250. The normalized spacial score (nSPS) is 14.1. The first-order chi connectivity index (χ1) is 9.78. The number of nitrogens with zero attached hydrogens (tertiary/aromatic N) is 2. The van der Waals surface area contributed by atoms with Crippen LogP contribution in [-0.4, -0.2) is 29.4 Å². The predicted octanol–water partition coefficient (Wildman–Crippen LogP) is 2.29. The summed E-state index contributed by atoms with van der Waals surface area (Å²) in [7, 11) is 1.65. The maximum Gasteiger partial charge on any atom is 0.256 e. The number of aromatic nitrogens is 1. The van der Waals surface area contributed by atoms with Crippen molar-refractivity contribution in [1.82, 2.24) is 9.88 Å². The van der Waals surface area contributed by atoms with E-state index in [9.17, 15) is 4.79 Å². The Morgan fingerprint density at radius 3 is 2.80 bits per heavy atom. The summed E-state index contributed by atoms with van der Waals surface area (Å²) < 4.78 is 5.14. The molecule has 1 aliphatic rings. The van der Waals surface area contributed by atoms with E-state index in [1.807, 2.05) is 35.2 Å². The van der Waals surface area contributed by atoms with Gasteiger partial charge in [0, 0.05) is 25.5 Å². The molecular formula is C16H16N2O2. The number of hydrogen-bond acceptors (Lipinski definition) is 3. The van der Waals surface area contributed by atoms with Crippen molar-refractivity contribution in [1.29, 1.82) is 0 Å². The topological polar surface area (TPSA) is 42.4 Å². The van der Waals surface area contributed by atoms with Gasteiger partial charge in [0.15, 0.2) is 0 Å². The summed E-state index contributed by atoms with van der Waals surface area (Å²) in [4.78, 5) is 18.3. The number of rotatable bonds is 3. The number of carbonyl (C=O) groups is 1. The van der Waals surface area contributed by atoms with E-state index in [1.54, 1.807) is 19.5 Å². The molecule has 102 valence electrons. The average molecular weight is 268 g/mol. The van der Waals surface area contributed by atoms with Crippen molar-refractivity contribution in [3.8, 4) is 5.75 Å². The Morgan fingerprint density at radius 2 is 2.05 bits per heavy atom. The molecule has 0 atom stereocenters. The molecule has 1 aromatic carbocycles. The average Bonchev–Trinajstić information content (AvgIpc) is 2.51. The van der Waals surface area contributed by atoms with Crippen LogP contribution in [0.1, 0.15) is 21.5 Å². The zero-order chi connectivity index (χ0) is 13.9. The number of pyridine rings is 1. The fourth-order valence-corrected chi connectivity index (χ4v) is 2.46. The van der Waals surface area contributed by atoms with E-state index in [0.29, 0.717) is 6.54 Å². The van der Waals surface area contributed by atoms with Gasteiger partial charge in [-0.25, -0.2) is 0 Å². The Morgan fingerprint density at radius 1 is 1.25 bits per heavy atom. The van der Waals surface area contributed by atoms with Gasteiger partial charge in [-0.15, -0.1) is 0 Å². The van der Waals surface area contributed by atoms with Crippen molar-refractivity contribution in [2.75, 3.05) is 13.7 Å². The number of amides is 1.